The fourth-order valence-electron chi connectivity index (χ4n) is 5.27. The van der Waals surface area contributed by atoms with Crippen LogP contribution in [0, 0.1) is 17.3 Å². The standard InChI is InChI=1S/C15H27N/c1-10(2)15-7-12-5-13(8-15)16(11(3)4)14(6-12)9-15/h10-14H,5-9H2,1-4H3. The summed E-state index contributed by atoms with van der Waals surface area (Å²) in [4.78, 5) is 2.86. The van der Waals surface area contributed by atoms with E-state index < -0.39 is 0 Å². The van der Waals surface area contributed by atoms with Crippen molar-refractivity contribution in [2.24, 2.45) is 17.3 Å². The third kappa shape index (κ3) is 1.40. The van der Waals surface area contributed by atoms with E-state index in [0.29, 0.717) is 0 Å². The van der Waals surface area contributed by atoms with E-state index in [4.69, 9.17) is 0 Å². The molecular formula is C15H27N. The Morgan fingerprint density at radius 3 is 1.94 bits per heavy atom. The van der Waals surface area contributed by atoms with E-state index in [9.17, 15) is 0 Å². The van der Waals surface area contributed by atoms with Crippen molar-refractivity contribution in [2.45, 2.75) is 77.9 Å². The van der Waals surface area contributed by atoms with Crippen LogP contribution >= 0.6 is 0 Å². The van der Waals surface area contributed by atoms with Gasteiger partial charge in [-0.05, 0) is 63.2 Å². The predicted molar refractivity (Wildman–Crippen MR) is 68.4 cm³/mol. The lowest BCUT2D eigenvalue weighted by molar-refractivity contribution is -0.137. The highest BCUT2D eigenvalue weighted by molar-refractivity contribution is 5.08. The van der Waals surface area contributed by atoms with E-state index in [0.717, 1.165) is 35.4 Å². The highest BCUT2D eigenvalue weighted by Crippen LogP contribution is 2.59. The van der Waals surface area contributed by atoms with Gasteiger partial charge in [0.25, 0.3) is 0 Å². The first-order valence-electron chi connectivity index (χ1n) is 7.29. The minimum atomic E-state index is 0.724. The van der Waals surface area contributed by atoms with Gasteiger partial charge < -0.3 is 0 Å². The van der Waals surface area contributed by atoms with Crippen LogP contribution in [0.1, 0.15) is 59.8 Å². The van der Waals surface area contributed by atoms with Gasteiger partial charge in [0.05, 0.1) is 0 Å². The monoisotopic (exact) mass is 221 g/mol. The number of nitrogens with zero attached hydrogens (tertiary/aromatic N) is 1. The molecule has 4 rings (SSSR count). The molecule has 0 spiro atoms. The lowest BCUT2D eigenvalue weighted by Crippen LogP contribution is -2.64. The van der Waals surface area contributed by atoms with Gasteiger partial charge >= 0.3 is 0 Å². The van der Waals surface area contributed by atoms with Gasteiger partial charge in [0, 0.05) is 18.1 Å². The van der Waals surface area contributed by atoms with Gasteiger partial charge in [0.15, 0.2) is 0 Å². The van der Waals surface area contributed by atoms with Crippen molar-refractivity contribution in [3.05, 3.63) is 0 Å². The second-order valence-electron chi connectivity index (χ2n) is 7.32. The molecule has 2 atom stereocenters. The molecule has 1 nitrogen and oxygen atoms in total. The SMILES string of the molecule is CC(C)N1C2CC3CC1CC(C(C)C)(C3)C2. The minimum absolute atomic E-state index is 0.724. The maximum Gasteiger partial charge on any atom is 0.0109 e. The summed E-state index contributed by atoms with van der Waals surface area (Å²) in [7, 11) is 0. The Morgan fingerprint density at radius 2 is 1.50 bits per heavy atom. The highest BCUT2D eigenvalue weighted by atomic mass is 15.2. The number of rotatable bonds is 2. The zero-order chi connectivity index (χ0) is 11.5. The Morgan fingerprint density at radius 1 is 0.938 bits per heavy atom. The molecule has 16 heavy (non-hydrogen) atoms. The van der Waals surface area contributed by atoms with Crippen molar-refractivity contribution in [3.8, 4) is 0 Å². The molecule has 0 aromatic heterocycles. The van der Waals surface area contributed by atoms with E-state index in [2.05, 4.69) is 32.6 Å². The summed E-state index contributed by atoms with van der Waals surface area (Å²) in [6.45, 7) is 9.72. The van der Waals surface area contributed by atoms with Crippen LogP contribution in [-0.2, 0) is 0 Å². The molecule has 4 fully saturated rings. The van der Waals surface area contributed by atoms with Gasteiger partial charge in [-0.3, -0.25) is 4.90 Å². The fraction of sp³-hybridized carbons (Fsp3) is 1.00. The van der Waals surface area contributed by atoms with Crippen LogP contribution in [0.4, 0.5) is 0 Å². The van der Waals surface area contributed by atoms with Crippen LogP contribution in [-0.4, -0.2) is 23.0 Å². The number of hydrogen-bond acceptors (Lipinski definition) is 1. The van der Waals surface area contributed by atoms with E-state index in [1.165, 1.54) is 25.7 Å². The zero-order valence-electron chi connectivity index (χ0n) is 11.4. The van der Waals surface area contributed by atoms with Crippen LogP contribution in [0.2, 0.25) is 0 Å². The zero-order valence-corrected chi connectivity index (χ0v) is 11.4. The van der Waals surface area contributed by atoms with Gasteiger partial charge in [0.2, 0.25) is 0 Å². The van der Waals surface area contributed by atoms with E-state index >= 15 is 0 Å². The lowest BCUT2D eigenvalue weighted by Gasteiger charge is -2.64. The normalized spacial score (nSPS) is 47.2. The molecule has 2 saturated carbocycles. The number of hydrogen-bond donors (Lipinski definition) is 0. The Hall–Kier alpha value is -0.0400. The molecular weight excluding hydrogens is 194 g/mol. The molecule has 4 aliphatic rings. The fourth-order valence-corrected chi connectivity index (χ4v) is 5.27. The first-order chi connectivity index (χ1) is 7.52. The maximum atomic E-state index is 2.86. The van der Waals surface area contributed by atoms with Gasteiger partial charge in [-0.15, -0.1) is 0 Å². The molecule has 1 heteroatoms. The molecule has 2 aliphatic heterocycles. The van der Waals surface area contributed by atoms with Crippen LogP contribution in [0.3, 0.4) is 0 Å². The van der Waals surface area contributed by atoms with Crippen LogP contribution in [0.25, 0.3) is 0 Å². The Bertz CT molecular complexity index is 265. The Balaban J connectivity index is 1.89. The van der Waals surface area contributed by atoms with Crippen molar-refractivity contribution in [2.75, 3.05) is 0 Å². The molecule has 0 radical (unpaired) electrons. The molecule has 0 aromatic rings. The summed E-state index contributed by atoms with van der Waals surface area (Å²) < 4.78 is 0. The minimum Gasteiger partial charge on any atom is -0.295 e. The quantitative estimate of drug-likeness (QED) is 0.687. The van der Waals surface area contributed by atoms with Gasteiger partial charge in [0.1, 0.15) is 0 Å². The first-order valence-corrected chi connectivity index (χ1v) is 7.29. The van der Waals surface area contributed by atoms with Crippen molar-refractivity contribution in [1.29, 1.82) is 0 Å². The first kappa shape index (κ1) is 11.1. The molecule has 2 heterocycles. The molecule has 0 aromatic carbocycles. The summed E-state index contributed by atoms with van der Waals surface area (Å²) >= 11 is 0. The van der Waals surface area contributed by atoms with E-state index in [1.807, 2.05) is 0 Å². The molecule has 0 amide bonds. The molecule has 92 valence electrons. The number of piperidine rings is 2. The van der Waals surface area contributed by atoms with Crippen molar-refractivity contribution in [1.82, 2.24) is 4.90 Å². The lowest BCUT2D eigenvalue weighted by atomic mass is 9.51. The van der Waals surface area contributed by atoms with E-state index in [-0.39, 0.29) is 0 Å². The third-order valence-electron chi connectivity index (χ3n) is 5.85. The second kappa shape index (κ2) is 3.48. The summed E-state index contributed by atoms with van der Waals surface area (Å²) in [5.74, 6) is 1.96. The maximum absolute atomic E-state index is 2.86. The largest absolute Gasteiger partial charge is 0.295 e. The average Bonchev–Trinajstić information content (AvgIpc) is 2.14. The molecule has 2 unspecified atom stereocenters. The second-order valence-corrected chi connectivity index (χ2v) is 7.32. The molecule has 2 saturated heterocycles. The van der Waals surface area contributed by atoms with Crippen LogP contribution < -0.4 is 0 Å². The molecule has 0 N–H and O–H groups in total. The summed E-state index contributed by atoms with van der Waals surface area (Å²) in [6, 6.07) is 2.61. The summed E-state index contributed by atoms with van der Waals surface area (Å²) in [6.07, 6.45) is 7.54. The third-order valence-corrected chi connectivity index (χ3v) is 5.85. The average molecular weight is 221 g/mol. The van der Waals surface area contributed by atoms with E-state index in [1.54, 1.807) is 6.42 Å². The van der Waals surface area contributed by atoms with Gasteiger partial charge in [-0.25, -0.2) is 0 Å². The smallest absolute Gasteiger partial charge is 0.0109 e. The molecule has 2 aliphatic carbocycles. The van der Waals surface area contributed by atoms with Gasteiger partial charge in [-0.2, -0.15) is 0 Å². The van der Waals surface area contributed by atoms with Crippen molar-refractivity contribution < 1.29 is 0 Å². The highest BCUT2D eigenvalue weighted by Gasteiger charge is 2.55. The van der Waals surface area contributed by atoms with Crippen molar-refractivity contribution in [3.63, 3.8) is 0 Å². The Labute approximate surface area is 101 Å². The Kier molecular flexibility index (Phi) is 2.41. The molecule has 4 bridgehead atoms. The van der Waals surface area contributed by atoms with Crippen molar-refractivity contribution >= 4 is 0 Å². The van der Waals surface area contributed by atoms with Gasteiger partial charge in [-0.1, -0.05) is 13.8 Å². The van der Waals surface area contributed by atoms with Crippen LogP contribution in [0.5, 0.6) is 0 Å². The van der Waals surface area contributed by atoms with Crippen LogP contribution in [0.15, 0.2) is 0 Å². The predicted octanol–water partition coefficient (Wildman–Crippen LogP) is 3.68. The topological polar surface area (TPSA) is 3.24 Å². The summed E-state index contributed by atoms with van der Waals surface area (Å²) in [5, 5.41) is 0. The summed E-state index contributed by atoms with van der Waals surface area (Å²) in [5.41, 5.74) is 0.724.